The van der Waals surface area contributed by atoms with Crippen LogP contribution in [0.5, 0.6) is 0 Å². The van der Waals surface area contributed by atoms with Gasteiger partial charge in [0.25, 0.3) is 0 Å². The monoisotopic (exact) mass is 365 g/mol. The van der Waals surface area contributed by atoms with E-state index >= 15 is 0 Å². The minimum absolute atomic E-state index is 1.07. The van der Waals surface area contributed by atoms with E-state index in [4.69, 9.17) is 0 Å². The van der Waals surface area contributed by atoms with Gasteiger partial charge in [0.2, 0.25) is 0 Å². The minimum Gasteiger partial charge on any atom is -0.388 e. The third-order valence-electron chi connectivity index (χ3n) is 4.89. The number of hydrogen-bond donors (Lipinski definition) is 1. The molecule has 0 aromatic heterocycles. The highest BCUT2D eigenvalue weighted by molar-refractivity contribution is 7.99. The van der Waals surface area contributed by atoms with Crippen molar-refractivity contribution in [3.05, 3.63) is 67.0 Å². The smallest absolute Gasteiger partial charge is 0.101 e. The van der Waals surface area contributed by atoms with Gasteiger partial charge in [0.05, 0.1) is 0 Å². The van der Waals surface area contributed by atoms with E-state index in [2.05, 4.69) is 77.8 Å². The lowest BCUT2D eigenvalue weighted by molar-refractivity contribution is 0.373. The number of benzene rings is 2. The quantitative estimate of drug-likeness (QED) is 0.776. The molecule has 3 nitrogen and oxygen atoms in total. The van der Waals surface area contributed by atoms with E-state index in [-0.39, 0.29) is 0 Å². The molecule has 4 heteroatoms. The van der Waals surface area contributed by atoms with Crippen LogP contribution in [-0.2, 0) is 0 Å². The van der Waals surface area contributed by atoms with Crippen molar-refractivity contribution in [2.75, 3.05) is 48.9 Å². The van der Waals surface area contributed by atoms with Crippen LogP contribution in [0, 0.1) is 0 Å². The predicted octanol–water partition coefficient (Wildman–Crippen LogP) is 4.99. The number of anilines is 2. The molecule has 0 amide bonds. The molecule has 1 fully saturated rings. The summed E-state index contributed by atoms with van der Waals surface area (Å²) in [6.07, 6.45) is 1.87. The average Bonchev–Trinajstić information content (AvgIpc) is 2.73. The fraction of sp³-hybridized carbons (Fsp3) is 0.273. The highest BCUT2D eigenvalue weighted by Gasteiger charge is 2.16. The van der Waals surface area contributed by atoms with Gasteiger partial charge in [-0.15, -0.1) is 0 Å². The van der Waals surface area contributed by atoms with Crippen LogP contribution in [0.25, 0.3) is 17.2 Å². The van der Waals surface area contributed by atoms with Gasteiger partial charge in [-0.05, 0) is 34.9 Å². The SMILES string of the molecule is C=Cc1ccc(-c2ccc(N(C)C(=C)N3CCSCC3)cc2)cc1NC. The summed E-state index contributed by atoms with van der Waals surface area (Å²) in [7, 11) is 4.03. The maximum Gasteiger partial charge on any atom is 0.101 e. The second kappa shape index (κ2) is 8.37. The number of nitrogens with one attached hydrogen (secondary N) is 1. The Hall–Kier alpha value is -2.33. The maximum atomic E-state index is 4.30. The van der Waals surface area contributed by atoms with Gasteiger partial charge < -0.3 is 15.1 Å². The molecular formula is C22H27N3S. The lowest BCUT2D eigenvalue weighted by Crippen LogP contribution is -2.38. The van der Waals surface area contributed by atoms with Crippen molar-refractivity contribution in [3.8, 4) is 11.1 Å². The topological polar surface area (TPSA) is 18.5 Å². The Labute approximate surface area is 161 Å². The van der Waals surface area contributed by atoms with Crippen molar-refractivity contribution in [2.45, 2.75) is 0 Å². The summed E-state index contributed by atoms with van der Waals surface area (Å²) in [6, 6.07) is 15.1. The van der Waals surface area contributed by atoms with E-state index in [0.717, 1.165) is 35.8 Å². The number of nitrogens with zero attached hydrogens (tertiary/aromatic N) is 2. The number of rotatable bonds is 6. The molecule has 0 radical (unpaired) electrons. The molecule has 3 rings (SSSR count). The highest BCUT2D eigenvalue weighted by Crippen LogP contribution is 2.29. The highest BCUT2D eigenvalue weighted by atomic mass is 32.2. The van der Waals surface area contributed by atoms with E-state index in [1.807, 2.05) is 24.9 Å². The van der Waals surface area contributed by atoms with Gasteiger partial charge in [-0.1, -0.05) is 43.5 Å². The molecule has 1 aliphatic rings. The van der Waals surface area contributed by atoms with Crippen molar-refractivity contribution in [1.29, 1.82) is 0 Å². The van der Waals surface area contributed by atoms with Gasteiger partial charge in [-0.2, -0.15) is 11.8 Å². The van der Waals surface area contributed by atoms with Crippen LogP contribution in [0.4, 0.5) is 11.4 Å². The largest absolute Gasteiger partial charge is 0.388 e. The molecule has 0 aliphatic carbocycles. The first-order valence-corrected chi connectivity index (χ1v) is 10.1. The maximum absolute atomic E-state index is 4.30. The number of thioether (sulfide) groups is 1. The van der Waals surface area contributed by atoms with Crippen molar-refractivity contribution < 1.29 is 0 Å². The standard InChI is InChI=1S/C22H27N3S/c1-5-18-6-7-20(16-22(18)23-3)19-8-10-21(11-9-19)24(4)17(2)25-12-14-26-15-13-25/h5-11,16,23H,1-2,12-15H2,3-4H3. The van der Waals surface area contributed by atoms with E-state index in [1.165, 1.54) is 22.6 Å². The summed E-state index contributed by atoms with van der Waals surface area (Å²) >= 11 is 2.02. The summed E-state index contributed by atoms with van der Waals surface area (Å²) in [4.78, 5) is 4.55. The van der Waals surface area contributed by atoms with Gasteiger partial charge in [0.1, 0.15) is 5.82 Å². The molecule has 0 unspecified atom stereocenters. The van der Waals surface area contributed by atoms with Crippen LogP contribution in [0.3, 0.4) is 0 Å². The third-order valence-corrected chi connectivity index (χ3v) is 5.84. The van der Waals surface area contributed by atoms with Crippen LogP contribution < -0.4 is 10.2 Å². The van der Waals surface area contributed by atoms with Crippen LogP contribution in [0.15, 0.2) is 61.4 Å². The van der Waals surface area contributed by atoms with Crippen LogP contribution in [0.2, 0.25) is 0 Å². The molecule has 0 atom stereocenters. The Morgan fingerprint density at radius 2 is 1.77 bits per heavy atom. The van der Waals surface area contributed by atoms with Gasteiger partial charge in [-0.3, -0.25) is 0 Å². The molecule has 1 N–H and O–H groups in total. The van der Waals surface area contributed by atoms with Crippen LogP contribution in [-0.4, -0.2) is 43.6 Å². The first-order chi connectivity index (χ1) is 12.6. The molecular weight excluding hydrogens is 338 g/mol. The Kier molecular flexibility index (Phi) is 5.94. The van der Waals surface area contributed by atoms with Crippen molar-refractivity contribution in [1.82, 2.24) is 4.90 Å². The zero-order chi connectivity index (χ0) is 18.5. The average molecular weight is 366 g/mol. The molecule has 26 heavy (non-hydrogen) atoms. The zero-order valence-electron chi connectivity index (χ0n) is 15.7. The molecule has 2 aromatic rings. The van der Waals surface area contributed by atoms with Crippen molar-refractivity contribution >= 4 is 29.2 Å². The predicted molar refractivity (Wildman–Crippen MR) is 118 cm³/mol. The fourth-order valence-corrected chi connectivity index (χ4v) is 4.09. The first kappa shape index (κ1) is 18.5. The second-order valence-corrected chi connectivity index (χ2v) is 7.60. The second-order valence-electron chi connectivity index (χ2n) is 6.38. The summed E-state index contributed by atoms with van der Waals surface area (Å²) < 4.78 is 0. The molecule has 0 saturated carbocycles. The summed E-state index contributed by atoms with van der Waals surface area (Å²) in [5, 5.41) is 3.24. The van der Waals surface area contributed by atoms with Gasteiger partial charge in [0, 0.05) is 50.1 Å². The van der Waals surface area contributed by atoms with Gasteiger partial charge >= 0.3 is 0 Å². The normalized spacial score (nSPS) is 14.0. The molecule has 0 bridgehead atoms. The van der Waals surface area contributed by atoms with Crippen LogP contribution in [0.1, 0.15) is 5.56 Å². The summed E-state index contributed by atoms with van der Waals surface area (Å²) in [6.45, 7) is 10.3. The molecule has 1 aliphatic heterocycles. The summed E-state index contributed by atoms with van der Waals surface area (Å²) in [5.41, 5.74) is 5.77. The minimum atomic E-state index is 1.07. The van der Waals surface area contributed by atoms with Crippen LogP contribution >= 0.6 is 11.8 Å². The lowest BCUT2D eigenvalue weighted by Gasteiger charge is -2.35. The van der Waals surface area contributed by atoms with Crippen molar-refractivity contribution in [2.24, 2.45) is 0 Å². The van der Waals surface area contributed by atoms with E-state index in [1.54, 1.807) is 0 Å². The molecule has 0 spiro atoms. The molecule has 1 saturated heterocycles. The Bertz CT molecular complexity index is 776. The fourth-order valence-electron chi connectivity index (χ4n) is 3.19. The Morgan fingerprint density at radius 3 is 2.38 bits per heavy atom. The van der Waals surface area contributed by atoms with E-state index in [9.17, 15) is 0 Å². The van der Waals surface area contributed by atoms with E-state index < -0.39 is 0 Å². The number of hydrogen-bond acceptors (Lipinski definition) is 4. The first-order valence-electron chi connectivity index (χ1n) is 8.94. The van der Waals surface area contributed by atoms with Crippen molar-refractivity contribution in [3.63, 3.8) is 0 Å². The third kappa shape index (κ3) is 3.91. The van der Waals surface area contributed by atoms with E-state index in [0.29, 0.717) is 0 Å². The zero-order valence-corrected chi connectivity index (χ0v) is 16.5. The van der Waals surface area contributed by atoms with Gasteiger partial charge in [0.15, 0.2) is 0 Å². The lowest BCUT2D eigenvalue weighted by atomic mass is 10.0. The molecule has 136 valence electrons. The summed E-state index contributed by atoms with van der Waals surface area (Å²) in [5.74, 6) is 3.44. The molecule has 2 aromatic carbocycles. The molecule has 1 heterocycles. The Balaban J connectivity index is 1.77. The van der Waals surface area contributed by atoms with Gasteiger partial charge in [-0.25, -0.2) is 0 Å². The Morgan fingerprint density at radius 1 is 1.12 bits per heavy atom.